The number of hydrogen-bond donors (Lipinski definition) is 2. The number of H-pyrrole nitrogens is 1. The molecule has 1 saturated heterocycles. The van der Waals surface area contributed by atoms with Gasteiger partial charge in [0.15, 0.2) is 0 Å². The summed E-state index contributed by atoms with van der Waals surface area (Å²) in [5.41, 5.74) is 1.16. The lowest BCUT2D eigenvalue weighted by molar-refractivity contribution is 0.229. The Balaban J connectivity index is 1.54. The largest absolute Gasteiger partial charge is 0.310 e. The number of likely N-dealkylation sites (tertiary alicyclic amines) is 1. The second-order valence-corrected chi connectivity index (χ2v) is 4.16. The Labute approximate surface area is 91.1 Å². The Hall–Kier alpha value is -0.870. The molecule has 0 unspecified atom stereocenters. The van der Waals surface area contributed by atoms with Crippen LogP contribution in [0.4, 0.5) is 0 Å². The maximum Gasteiger partial charge on any atom is 0.0490 e. The minimum absolute atomic E-state index is 0.897. The van der Waals surface area contributed by atoms with Crippen molar-refractivity contribution in [2.45, 2.75) is 25.8 Å². The Morgan fingerprint density at radius 2 is 2.20 bits per heavy atom. The van der Waals surface area contributed by atoms with Gasteiger partial charge < -0.3 is 10.2 Å². The summed E-state index contributed by atoms with van der Waals surface area (Å²) in [7, 11) is 0. The first kappa shape index (κ1) is 10.6. The van der Waals surface area contributed by atoms with E-state index in [4.69, 9.17) is 0 Å². The van der Waals surface area contributed by atoms with Crippen LogP contribution in [-0.4, -0.2) is 41.3 Å². The van der Waals surface area contributed by atoms with Crippen LogP contribution < -0.4 is 5.32 Å². The SMILES string of the molecule is c1cc(CNCCN2CCCCC2)[nH]n1. The molecular weight excluding hydrogens is 188 g/mol. The second-order valence-electron chi connectivity index (χ2n) is 4.16. The van der Waals surface area contributed by atoms with Crippen LogP contribution in [0.2, 0.25) is 0 Å². The van der Waals surface area contributed by atoms with Gasteiger partial charge in [-0.2, -0.15) is 5.10 Å². The lowest BCUT2D eigenvalue weighted by Gasteiger charge is -2.26. The molecule has 1 aromatic rings. The highest BCUT2D eigenvalue weighted by atomic mass is 15.1. The number of nitrogens with one attached hydrogen (secondary N) is 2. The molecule has 0 bridgehead atoms. The van der Waals surface area contributed by atoms with Gasteiger partial charge in [0, 0.05) is 31.5 Å². The van der Waals surface area contributed by atoms with E-state index in [0.717, 1.165) is 18.8 Å². The van der Waals surface area contributed by atoms with Crippen molar-refractivity contribution in [1.29, 1.82) is 0 Å². The minimum Gasteiger partial charge on any atom is -0.310 e. The maximum atomic E-state index is 3.92. The normalized spacial score (nSPS) is 18.1. The van der Waals surface area contributed by atoms with Crippen molar-refractivity contribution in [3.8, 4) is 0 Å². The molecule has 1 aromatic heterocycles. The van der Waals surface area contributed by atoms with E-state index in [1.807, 2.05) is 6.07 Å². The fraction of sp³-hybridized carbons (Fsp3) is 0.727. The standard InChI is InChI=1S/C11H20N4/c1-2-7-15(8-3-1)9-6-12-10-11-4-5-13-14-11/h4-5,12H,1-3,6-10H2,(H,13,14). The summed E-state index contributed by atoms with van der Waals surface area (Å²) >= 11 is 0. The van der Waals surface area contributed by atoms with Crippen LogP contribution in [0.3, 0.4) is 0 Å². The molecule has 84 valence electrons. The zero-order valence-electron chi connectivity index (χ0n) is 9.21. The molecule has 15 heavy (non-hydrogen) atoms. The highest BCUT2D eigenvalue weighted by molar-refractivity contribution is 4.96. The molecule has 2 heterocycles. The van der Waals surface area contributed by atoms with Crippen molar-refractivity contribution in [2.24, 2.45) is 0 Å². The van der Waals surface area contributed by atoms with E-state index in [1.165, 1.54) is 38.9 Å². The summed E-state index contributed by atoms with van der Waals surface area (Å²) in [6.45, 7) is 5.71. The van der Waals surface area contributed by atoms with Crippen molar-refractivity contribution >= 4 is 0 Å². The van der Waals surface area contributed by atoms with Gasteiger partial charge in [0.25, 0.3) is 0 Å². The summed E-state index contributed by atoms with van der Waals surface area (Å²) in [6, 6.07) is 2.01. The van der Waals surface area contributed by atoms with Gasteiger partial charge in [0.05, 0.1) is 0 Å². The zero-order chi connectivity index (χ0) is 10.3. The minimum atomic E-state index is 0.897. The number of nitrogens with zero attached hydrogens (tertiary/aromatic N) is 2. The first-order valence-corrected chi connectivity index (χ1v) is 5.86. The van der Waals surface area contributed by atoms with Crippen LogP contribution >= 0.6 is 0 Å². The third-order valence-corrected chi connectivity index (χ3v) is 2.93. The third kappa shape index (κ3) is 3.64. The van der Waals surface area contributed by atoms with Crippen molar-refractivity contribution in [2.75, 3.05) is 26.2 Å². The Kier molecular flexibility index (Phi) is 4.17. The number of piperidine rings is 1. The van der Waals surface area contributed by atoms with Gasteiger partial charge in [0.1, 0.15) is 0 Å². The van der Waals surface area contributed by atoms with E-state index < -0.39 is 0 Å². The Bertz CT molecular complexity index is 252. The third-order valence-electron chi connectivity index (χ3n) is 2.93. The molecule has 0 atom stereocenters. The zero-order valence-corrected chi connectivity index (χ0v) is 9.21. The molecule has 0 radical (unpaired) electrons. The van der Waals surface area contributed by atoms with Gasteiger partial charge >= 0.3 is 0 Å². The summed E-state index contributed by atoms with van der Waals surface area (Å²) in [5, 5.41) is 10.3. The van der Waals surface area contributed by atoms with Crippen molar-refractivity contribution in [3.63, 3.8) is 0 Å². The topological polar surface area (TPSA) is 44.0 Å². The monoisotopic (exact) mass is 208 g/mol. The quantitative estimate of drug-likeness (QED) is 0.709. The number of aromatic amines is 1. The fourth-order valence-corrected chi connectivity index (χ4v) is 2.03. The molecule has 4 nitrogen and oxygen atoms in total. The summed E-state index contributed by atoms with van der Waals surface area (Å²) in [5.74, 6) is 0. The predicted octanol–water partition coefficient (Wildman–Crippen LogP) is 0.985. The molecule has 2 rings (SSSR count). The molecule has 0 aliphatic carbocycles. The van der Waals surface area contributed by atoms with Gasteiger partial charge in [0.2, 0.25) is 0 Å². The fourth-order valence-electron chi connectivity index (χ4n) is 2.03. The molecule has 1 aliphatic heterocycles. The Morgan fingerprint density at radius 3 is 2.93 bits per heavy atom. The molecule has 0 aromatic carbocycles. The van der Waals surface area contributed by atoms with Gasteiger partial charge in [-0.25, -0.2) is 0 Å². The first-order chi connectivity index (χ1) is 7.45. The van der Waals surface area contributed by atoms with E-state index in [1.54, 1.807) is 6.20 Å². The molecule has 0 spiro atoms. The van der Waals surface area contributed by atoms with Gasteiger partial charge in [-0.15, -0.1) is 0 Å². The highest BCUT2D eigenvalue weighted by Crippen LogP contribution is 2.07. The van der Waals surface area contributed by atoms with Crippen molar-refractivity contribution in [1.82, 2.24) is 20.4 Å². The van der Waals surface area contributed by atoms with E-state index in [-0.39, 0.29) is 0 Å². The van der Waals surface area contributed by atoms with Gasteiger partial charge in [-0.3, -0.25) is 5.10 Å². The van der Waals surface area contributed by atoms with Gasteiger partial charge in [-0.05, 0) is 32.0 Å². The number of aromatic nitrogens is 2. The van der Waals surface area contributed by atoms with Crippen LogP contribution in [0, 0.1) is 0 Å². The van der Waals surface area contributed by atoms with Crippen molar-refractivity contribution in [3.05, 3.63) is 18.0 Å². The van der Waals surface area contributed by atoms with E-state index in [9.17, 15) is 0 Å². The smallest absolute Gasteiger partial charge is 0.0490 e. The molecule has 0 saturated carbocycles. The highest BCUT2D eigenvalue weighted by Gasteiger charge is 2.08. The molecule has 1 fully saturated rings. The van der Waals surface area contributed by atoms with E-state index >= 15 is 0 Å². The van der Waals surface area contributed by atoms with Crippen LogP contribution in [0.15, 0.2) is 12.3 Å². The average molecular weight is 208 g/mol. The van der Waals surface area contributed by atoms with Crippen LogP contribution in [0.1, 0.15) is 25.0 Å². The second kappa shape index (κ2) is 5.88. The number of hydrogen-bond acceptors (Lipinski definition) is 3. The first-order valence-electron chi connectivity index (χ1n) is 5.86. The number of rotatable bonds is 5. The summed E-state index contributed by atoms with van der Waals surface area (Å²) in [6.07, 6.45) is 5.96. The van der Waals surface area contributed by atoms with Gasteiger partial charge in [-0.1, -0.05) is 6.42 Å². The summed E-state index contributed by atoms with van der Waals surface area (Å²) in [4.78, 5) is 2.55. The molecule has 2 N–H and O–H groups in total. The molecule has 0 amide bonds. The predicted molar refractivity (Wildman–Crippen MR) is 60.6 cm³/mol. The lowest BCUT2D eigenvalue weighted by atomic mass is 10.1. The average Bonchev–Trinajstić information content (AvgIpc) is 2.79. The molecule has 1 aliphatic rings. The van der Waals surface area contributed by atoms with E-state index in [2.05, 4.69) is 20.4 Å². The van der Waals surface area contributed by atoms with Crippen LogP contribution in [0.25, 0.3) is 0 Å². The molecule has 4 heteroatoms. The summed E-state index contributed by atoms with van der Waals surface area (Å²) < 4.78 is 0. The van der Waals surface area contributed by atoms with Crippen LogP contribution in [0.5, 0.6) is 0 Å². The Morgan fingerprint density at radius 1 is 1.33 bits per heavy atom. The van der Waals surface area contributed by atoms with E-state index in [0.29, 0.717) is 0 Å². The van der Waals surface area contributed by atoms with Crippen molar-refractivity contribution < 1.29 is 0 Å². The maximum absolute atomic E-state index is 3.92. The molecular formula is C11H20N4. The lowest BCUT2D eigenvalue weighted by Crippen LogP contribution is -2.35. The van der Waals surface area contributed by atoms with Crippen LogP contribution in [-0.2, 0) is 6.54 Å².